The highest BCUT2D eigenvalue weighted by Gasteiger charge is 2.17. The van der Waals surface area contributed by atoms with Crippen molar-refractivity contribution in [2.75, 3.05) is 12.4 Å². The van der Waals surface area contributed by atoms with E-state index < -0.39 is 5.97 Å². The maximum absolute atomic E-state index is 11.8. The fraction of sp³-hybridized carbons (Fsp3) is 0.357. The first-order valence-electron chi connectivity index (χ1n) is 6.01. The highest BCUT2D eigenvalue weighted by Crippen LogP contribution is 2.18. The minimum Gasteiger partial charge on any atom is -0.461 e. The third-order valence-electron chi connectivity index (χ3n) is 2.21. The summed E-state index contributed by atoms with van der Waals surface area (Å²) in [4.78, 5) is 33.9. The first kappa shape index (κ1) is 16.8. The van der Waals surface area contributed by atoms with Gasteiger partial charge in [-0.05, 0) is 12.1 Å². The molecule has 1 aromatic carbocycles. The molecule has 1 aromatic rings. The fourth-order valence-corrected chi connectivity index (χ4v) is 2.99. The Morgan fingerprint density at radius 2 is 1.75 bits per heavy atom. The first-order chi connectivity index (χ1) is 9.49. The van der Waals surface area contributed by atoms with Crippen molar-refractivity contribution in [3.05, 3.63) is 35.9 Å². The summed E-state index contributed by atoms with van der Waals surface area (Å²) in [5, 5.41) is -0.294. The number of esters is 1. The molecule has 4 nitrogen and oxygen atoms in total. The van der Waals surface area contributed by atoms with Crippen molar-refractivity contribution in [2.45, 2.75) is 19.1 Å². The smallest absolute Gasteiger partial charge is 0.338 e. The van der Waals surface area contributed by atoms with E-state index in [2.05, 4.69) is 0 Å². The molecule has 0 bridgehead atoms. The highest BCUT2D eigenvalue weighted by atomic mass is 32.2. The van der Waals surface area contributed by atoms with Crippen molar-refractivity contribution in [1.82, 2.24) is 0 Å². The van der Waals surface area contributed by atoms with Gasteiger partial charge in [-0.2, -0.15) is 0 Å². The van der Waals surface area contributed by atoms with Gasteiger partial charge >= 0.3 is 5.97 Å². The van der Waals surface area contributed by atoms with Gasteiger partial charge in [-0.15, -0.1) is 0 Å². The van der Waals surface area contributed by atoms with Gasteiger partial charge in [-0.1, -0.05) is 41.7 Å². The fourth-order valence-electron chi connectivity index (χ4n) is 1.39. The van der Waals surface area contributed by atoms with Gasteiger partial charge < -0.3 is 4.74 Å². The Labute approximate surface area is 126 Å². The Morgan fingerprint density at radius 3 is 2.30 bits per heavy atom. The largest absolute Gasteiger partial charge is 0.461 e. The summed E-state index contributed by atoms with van der Waals surface area (Å²) in [5.74, 6) is 0.0225. The van der Waals surface area contributed by atoms with Crippen molar-refractivity contribution < 1.29 is 19.1 Å². The van der Waals surface area contributed by atoms with Gasteiger partial charge in [0.05, 0.1) is 10.8 Å². The SMILES string of the molecule is CC(=O)SCC(COC(=O)c1ccccc1)SC(C)=O. The van der Waals surface area contributed by atoms with Crippen LogP contribution in [-0.4, -0.2) is 33.8 Å². The molecule has 0 saturated heterocycles. The molecule has 1 unspecified atom stereocenters. The molecule has 0 aliphatic carbocycles. The molecule has 20 heavy (non-hydrogen) atoms. The van der Waals surface area contributed by atoms with Gasteiger partial charge in [0.25, 0.3) is 0 Å². The zero-order valence-corrected chi connectivity index (χ0v) is 13.0. The number of benzene rings is 1. The summed E-state index contributed by atoms with van der Waals surface area (Å²) >= 11 is 2.22. The number of ether oxygens (including phenoxy) is 1. The topological polar surface area (TPSA) is 60.4 Å². The molecule has 1 rings (SSSR count). The van der Waals surface area contributed by atoms with Crippen LogP contribution in [0.1, 0.15) is 24.2 Å². The lowest BCUT2D eigenvalue weighted by atomic mass is 10.2. The third-order valence-corrected chi connectivity index (χ3v) is 4.37. The predicted molar refractivity (Wildman–Crippen MR) is 81.9 cm³/mol. The zero-order chi connectivity index (χ0) is 15.0. The number of hydrogen-bond acceptors (Lipinski definition) is 6. The molecule has 0 aliphatic heterocycles. The summed E-state index contributed by atoms with van der Waals surface area (Å²) in [5.41, 5.74) is 0.471. The number of carbonyl (C=O) groups excluding carboxylic acids is 3. The van der Waals surface area contributed by atoms with Crippen molar-refractivity contribution in [1.29, 1.82) is 0 Å². The molecular weight excluding hydrogens is 296 g/mol. The Balaban J connectivity index is 2.50. The molecule has 0 N–H and O–H groups in total. The standard InChI is InChI=1S/C14H16O4S2/c1-10(15)19-9-13(20-11(2)16)8-18-14(17)12-6-4-3-5-7-12/h3-7,13H,8-9H2,1-2H3. The molecule has 0 aromatic heterocycles. The predicted octanol–water partition coefficient (Wildman–Crippen LogP) is 2.77. The molecule has 0 saturated carbocycles. The van der Waals surface area contributed by atoms with Gasteiger partial charge in [0, 0.05) is 19.6 Å². The van der Waals surface area contributed by atoms with E-state index in [1.54, 1.807) is 24.3 Å². The minimum atomic E-state index is -0.424. The lowest BCUT2D eigenvalue weighted by Crippen LogP contribution is -2.20. The van der Waals surface area contributed by atoms with Crippen molar-refractivity contribution in [3.8, 4) is 0 Å². The molecule has 1 atom stereocenters. The van der Waals surface area contributed by atoms with Crippen LogP contribution in [0.2, 0.25) is 0 Å². The van der Waals surface area contributed by atoms with Gasteiger partial charge in [-0.3, -0.25) is 9.59 Å². The molecule has 0 heterocycles. The van der Waals surface area contributed by atoms with Gasteiger partial charge in [0.15, 0.2) is 10.2 Å². The van der Waals surface area contributed by atoms with Crippen LogP contribution < -0.4 is 0 Å². The van der Waals surface area contributed by atoms with Crippen LogP contribution in [-0.2, 0) is 14.3 Å². The molecule has 0 spiro atoms. The summed E-state index contributed by atoms with van der Waals surface area (Å²) in [6.07, 6.45) is 0. The Kier molecular flexibility index (Phi) is 7.40. The van der Waals surface area contributed by atoms with Crippen LogP contribution in [0.25, 0.3) is 0 Å². The monoisotopic (exact) mass is 312 g/mol. The molecule has 0 aliphatic rings. The lowest BCUT2D eigenvalue weighted by molar-refractivity contribution is -0.110. The van der Waals surface area contributed by atoms with E-state index in [4.69, 9.17) is 4.74 Å². The van der Waals surface area contributed by atoms with E-state index in [9.17, 15) is 14.4 Å². The average Bonchev–Trinajstić information content (AvgIpc) is 2.42. The van der Waals surface area contributed by atoms with Crippen LogP contribution in [0.5, 0.6) is 0 Å². The molecule has 6 heteroatoms. The third kappa shape index (κ3) is 6.77. The Morgan fingerprint density at radius 1 is 1.10 bits per heavy atom. The number of hydrogen-bond donors (Lipinski definition) is 0. The maximum atomic E-state index is 11.8. The van der Waals surface area contributed by atoms with E-state index in [1.807, 2.05) is 6.07 Å². The molecule has 108 valence electrons. The van der Waals surface area contributed by atoms with Gasteiger partial charge in [0.2, 0.25) is 0 Å². The van der Waals surface area contributed by atoms with E-state index in [0.717, 1.165) is 23.5 Å². The molecular formula is C14H16O4S2. The minimum absolute atomic E-state index is 0.0199. The summed E-state index contributed by atoms with van der Waals surface area (Å²) in [7, 11) is 0. The van der Waals surface area contributed by atoms with E-state index in [0.29, 0.717) is 11.3 Å². The summed E-state index contributed by atoms with van der Waals surface area (Å²) in [6, 6.07) is 8.65. The van der Waals surface area contributed by atoms with Crippen molar-refractivity contribution >= 4 is 39.7 Å². The van der Waals surface area contributed by atoms with Crippen LogP contribution in [0.4, 0.5) is 0 Å². The normalized spacial score (nSPS) is 11.7. The quantitative estimate of drug-likeness (QED) is 0.753. The van der Waals surface area contributed by atoms with Crippen LogP contribution in [0.15, 0.2) is 30.3 Å². The van der Waals surface area contributed by atoms with E-state index in [1.165, 1.54) is 13.8 Å². The molecule has 0 amide bonds. The van der Waals surface area contributed by atoms with Crippen molar-refractivity contribution in [2.24, 2.45) is 0 Å². The molecule has 0 radical (unpaired) electrons. The van der Waals surface area contributed by atoms with E-state index >= 15 is 0 Å². The zero-order valence-electron chi connectivity index (χ0n) is 11.3. The second kappa shape index (κ2) is 8.81. The van der Waals surface area contributed by atoms with Gasteiger partial charge in [0.1, 0.15) is 6.61 Å². The maximum Gasteiger partial charge on any atom is 0.338 e. The number of rotatable bonds is 6. The summed E-state index contributed by atoms with van der Waals surface area (Å²) in [6.45, 7) is 3.03. The van der Waals surface area contributed by atoms with Crippen LogP contribution in [0, 0.1) is 0 Å². The van der Waals surface area contributed by atoms with Crippen LogP contribution in [0.3, 0.4) is 0 Å². The van der Waals surface area contributed by atoms with Gasteiger partial charge in [-0.25, -0.2) is 4.79 Å². The van der Waals surface area contributed by atoms with E-state index in [-0.39, 0.29) is 22.1 Å². The average molecular weight is 312 g/mol. The highest BCUT2D eigenvalue weighted by molar-refractivity contribution is 8.17. The molecule has 0 fully saturated rings. The number of thioether (sulfide) groups is 2. The lowest BCUT2D eigenvalue weighted by Gasteiger charge is -2.14. The van der Waals surface area contributed by atoms with Crippen LogP contribution >= 0.6 is 23.5 Å². The van der Waals surface area contributed by atoms with Crippen molar-refractivity contribution in [3.63, 3.8) is 0 Å². The number of carbonyl (C=O) groups is 3. The Hall–Kier alpha value is -1.27. The first-order valence-corrected chi connectivity index (χ1v) is 7.88. The second-order valence-corrected chi connectivity index (χ2v) is 6.67. The Bertz CT molecular complexity index is 473. The summed E-state index contributed by atoms with van der Waals surface area (Å²) < 4.78 is 5.19. The second-order valence-electron chi connectivity index (χ2n) is 4.00.